The molecule has 0 amide bonds. The lowest BCUT2D eigenvalue weighted by Crippen LogP contribution is -2.40. The third-order valence-corrected chi connectivity index (χ3v) is 17.3. The number of carbonyl (C=O) groups is 3. The molecule has 0 aromatic rings. The summed E-state index contributed by atoms with van der Waals surface area (Å²) in [5, 5.41) is 10.4. The number of carbonyl (C=O) groups excluding carboxylic acids is 3. The lowest BCUT2D eigenvalue weighted by Gasteiger charge is -2.24. The van der Waals surface area contributed by atoms with Crippen molar-refractivity contribution < 1.29 is 52.6 Å². The first kappa shape index (κ1) is 78.2. The Bertz CT molecular complexity index is 1350. The normalized spacial score (nSPS) is 16.3. The topological polar surface area (TPSA) is 136 Å². The fourth-order valence-corrected chi connectivity index (χ4v) is 11.9. The van der Waals surface area contributed by atoms with Gasteiger partial charge in [0, 0.05) is 39.1 Å². The van der Waals surface area contributed by atoms with Crippen molar-refractivity contribution in [3.05, 3.63) is 0 Å². The predicted molar refractivity (Wildman–Crippen MR) is 340 cm³/mol. The van der Waals surface area contributed by atoms with Crippen LogP contribution in [0.4, 0.5) is 0 Å². The summed E-state index contributed by atoms with van der Waals surface area (Å²) in [6, 6.07) is 0. The van der Waals surface area contributed by atoms with Gasteiger partial charge in [-0.15, -0.1) is 0 Å². The van der Waals surface area contributed by atoms with Gasteiger partial charge in [-0.3, -0.25) is 14.4 Å². The molecule has 11 nitrogen and oxygen atoms in total. The third kappa shape index (κ3) is 46.4. The van der Waals surface area contributed by atoms with E-state index in [4.69, 9.17) is 33.2 Å². The molecule has 0 saturated carbocycles. The Hall–Kier alpha value is -1.79. The molecule has 82 heavy (non-hydrogen) atoms. The van der Waals surface area contributed by atoms with Crippen molar-refractivity contribution in [2.75, 3.05) is 46.2 Å². The highest BCUT2D eigenvalue weighted by Crippen LogP contribution is 2.30. The lowest BCUT2D eigenvalue weighted by molar-refractivity contribution is -0.181. The Labute approximate surface area is 506 Å². The van der Waals surface area contributed by atoms with Gasteiger partial charge in [0.2, 0.25) is 0 Å². The molecule has 0 radical (unpaired) electrons. The summed E-state index contributed by atoms with van der Waals surface area (Å²) < 4.78 is 42.7. The zero-order valence-corrected chi connectivity index (χ0v) is 55.0. The van der Waals surface area contributed by atoms with Crippen LogP contribution in [0.1, 0.15) is 350 Å². The van der Waals surface area contributed by atoms with Crippen LogP contribution < -0.4 is 0 Å². The monoisotopic (exact) mass is 1170 g/mol. The van der Waals surface area contributed by atoms with Crippen LogP contribution in [0.5, 0.6) is 0 Å². The summed E-state index contributed by atoms with van der Waals surface area (Å²) in [7, 11) is 0. The first-order chi connectivity index (χ1) is 40.3. The molecule has 0 aromatic carbocycles. The highest BCUT2D eigenvalue weighted by Gasteiger charge is 2.46. The molecule has 1 unspecified atom stereocenters. The van der Waals surface area contributed by atoms with E-state index in [1.54, 1.807) is 0 Å². The van der Waals surface area contributed by atoms with E-state index in [1.807, 2.05) is 0 Å². The minimum atomic E-state index is -0.603. The molecule has 1 rings (SSSR count). The molecule has 0 spiro atoms. The maximum absolute atomic E-state index is 12.5. The van der Waals surface area contributed by atoms with Crippen molar-refractivity contribution in [2.24, 2.45) is 17.8 Å². The van der Waals surface area contributed by atoms with Gasteiger partial charge in [0.25, 0.3) is 0 Å². The highest BCUT2D eigenvalue weighted by molar-refractivity contribution is 5.69. The van der Waals surface area contributed by atoms with E-state index < -0.39 is 24.6 Å². The standard InChI is InChI=1S/C71H136O11/c1-7-13-31-43-62(44-32-14-8-2)52-58-76-66(73)49-37-25-19-22-28-40-55-79-69-65(61-72)82-71(81-57-42-30-24-21-27-39-51-68(75)78-60-54-64(47-35-17-11-5)48-36-18-12-6)70(69)80-56-41-29-23-20-26-38-50-67(74)77-59-53-63(45-33-15-9-3)46-34-16-10-4/h62-65,69-72H,7-61H2,1-6H3/t65-,69+,70?,71-/m1/s1. The van der Waals surface area contributed by atoms with Crippen molar-refractivity contribution >= 4 is 17.9 Å². The van der Waals surface area contributed by atoms with Gasteiger partial charge in [0.1, 0.15) is 18.3 Å². The Morgan fingerprint density at radius 1 is 0.317 bits per heavy atom. The van der Waals surface area contributed by atoms with E-state index in [9.17, 15) is 19.5 Å². The van der Waals surface area contributed by atoms with Gasteiger partial charge < -0.3 is 38.3 Å². The second kappa shape index (κ2) is 59.5. The van der Waals surface area contributed by atoms with Crippen molar-refractivity contribution in [2.45, 2.75) is 374 Å². The van der Waals surface area contributed by atoms with Gasteiger partial charge >= 0.3 is 17.9 Å². The second-order valence-electron chi connectivity index (χ2n) is 25.0. The number of aliphatic hydroxyl groups is 1. The molecule has 1 aliphatic heterocycles. The third-order valence-electron chi connectivity index (χ3n) is 17.3. The summed E-state index contributed by atoms with van der Waals surface area (Å²) >= 11 is 0. The van der Waals surface area contributed by atoms with Crippen LogP contribution in [-0.2, 0) is 47.5 Å². The Morgan fingerprint density at radius 3 is 0.878 bits per heavy atom. The van der Waals surface area contributed by atoms with E-state index in [-0.39, 0.29) is 24.5 Å². The number of hydrogen-bond acceptors (Lipinski definition) is 11. The molecular weight excluding hydrogens is 1030 g/mol. The van der Waals surface area contributed by atoms with Crippen molar-refractivity contribution in [1.29, 1.82) is 0 Å². The fraction of sp³-hybridized carbons (Fsp3) is 0.958. The van der Waals surface area contributed by atoms with E-state index in [0.29, 0.717) is 76.7 Å². The zero-order valence-electron chi connectivity index (χ0n) is 55.0. The molecule has 1 fully saturated rings. The number of ether oxygens (including phenoxy) is 7. The number of aliphatic hydroxyl groups excluding tert-OH is 1. The van der Waals surface area contributed by atoms with Gasteiger partial charge in [-0.2, -0.15) is 0 Å². The van der Waals surface area contributed by atoms with E-state index in [2.05, 4.69) is 41.5 Å². The largest absolute Gasteiger partial charge is 0.466 e. The maximum atomic E-state index is 12.5. The van der Waals surface area contributed by atoms with Crippen molar-refractivity contribution in [3.8, 4) is 0 Å². The lowest BCUT2D eigenvalue weighted by atomic mass is 9.92. The van der Waals surface area contributed by atoms with Crippen molar-refractivity contribution in [3.63, 3.8) is 0 Å². The zero-order chi connectivity index (χ0) is 59.6. The molecule has 1 saturated heterocycles. The quantitative estimate of drug-likeness (QED) is 0.0354. The van der Waals surface area contributed by atoms with Gasteiger partial charge in [0.05, 0.1) is 26.4 Å². The first-order valence-electron chi connectivity index (χ1n) is 35.8. The van der Waals surface area contributed by atoms with Gasteiger partial charge in [-0.25, -0.2) is 0 Å². The summed E-state index contributed by atoms with van der Waals surface area (Å²) in [5.74, 6) is 1.89. The first-order valence-corrected chi connectivity index (χ1v) is 35.8. The Kier molecular flexibility index (Phi) is 56.8. The summed E-state index contributed by atoms with van der Waals surface area (Å²) in [4.78, 5) is 37.6. The van der Waals surface area contributed by atoms with Crippen LogP contribution in [0.3, 0.4) is 0 Å². The average Bonchev–Trinajstić information content (AvgIpc) is 4.09. The van der Waals surface area contributed by atoms with Crippen LogP contribution >= 0.6 is 0 Å². The molecule has 1 heterocycles. The Balaban J connectivity index is 2.53. The van der Waals surface area contributed by atoms with Gasteiger partial charge in [-0.1, -0.05) is 273 Å². The average molecular weight is 1170 g/mol. The van der Waals surface area contributed by atoms with Crippen LogP contribution in [0.25, 0.3) is 0 Å². The van der Waals surface area contributed by atoms with Gasteiger partial charge in [-0.05, 0) is 75.5 Å². The summed E-state index contributed by atoms with van der Waals surface area (Å²) in [6.07, 6.45) is 51.0. The van der Waals surface area contributed by atoms with E-state index in [0.717, 1.165) is 135 Å². The maximum Gasteiger partial charge on any atom is 0.305 e. The minimum absolute atomic E-state index is 0.0479. The van der Waals surface area contributed by atoms with Crippen molar-refractivity contribution in [1.82, 2.24) is 0 Å². The minimum Gasteiger partial charge on any atom is -0.466 e. The van der Waals surface area contributed by atoms with Crippen LogP contribution in [0.15, 0.2) is 0 Å². The van der Waals surface area contributed by atoms with E-state index in [1.165, 1.54) is 154 Å². The predicted octanol–water partition coefficient (Wildman–Crippen LogP) is 19.8. The molecule has 4 atom stereocenters. The van der Waals surface area contributed by atoms with Crippen LogP contribution in [0, 0.1) is 17.8 Å². The Morgan fingerprint density at radius 2 is 0.585 bits per heavy atom. The number of hydrogen-bond donors (Lipinski definition) is 1. The molecular formula is C71H136O11. The number of unbranched alkanes of at least 4 members (excludes halogenated alkanes) is 27. The molecule has 0 bridgehead atoms. The molecule has 0 aliphatic carbocycles. The molecule has 0 aromatic heterocycles. The number of rotatable bonds is 64. The highest BCUT2D eigenvalue weighted by atomic mass is 16.7. The second-order valence-corrected chi connectivity index (χ2v) is 25.0. The number of esters is 3. The molecule has 11 heteroatoms. The molecule has 1 N–H and O–H groups in total. The summed E-state index contributed by atoms with van der Waals surface area (Å²) in [6.45, 7) is 16.7. The van der Waals surface area contributed by atoms with Crippen LogP contribution in [-0.4, -0.2) is 93.9 Å². The van der Waals surface area contributed by atoms with E-state index >= 15 is 0 Å². The molecule has 1 aliphatic rings. The molecule has 486 valence electrons. The smallest absolute Gasteiger partial charge is 0.305 e. The van der Waals surface area contributed by atoms with Gasteiger partial charge in [0.15, 0.2) is 6.29 Å². The SMILES string of the molecule is CCCCCC(CCCCC)CCOC(=O)CCCCCCCCOC1[C@H](OCCCCCCCCC(=O)OCCC(CCCCC)CCCCC)O[C@H](CO)[C@@H]1OCCCCCCCCC(=O)OCCC(CCCCC)CCCCC. The summed E-state index contributed by atoms with van der Waals surface area (Å²) in [5.41, 5.74) is 0. The van der Waals surface area contributed by atoms with Crippen LogP contribution in [0.2, 0.25) is 0 Å². The fourth-order valence-electron chi connectivity index (χ4n) is 11.9.